The second kappa shape index (κ2) is 5.17. The number of rotatable bonds is 4. The van der Waals surface area contributed by atoms with Crippen molar-refractivity contribution in [1.82, 2.24) is 20.5 Å². The van der Waals surface area contributed by atoms with Crippen LogP contribution in [0.25, 0.3) is 0 Å². The van der Waals surface area contributed by atoms with Crippen molar-refractivity contribution in [2.24, 2.45) is 0 Å². The molecule has 0 unspecified atom stereocenters. The van der Waals surface area contributed by atoms with Gasteiger partial charge in [0.15, 0.2) is 0 Å². The predicted octanol–water partition coefficient (Wildman–Crippen LogP) is 0.0650. The van der Waals surface area contributed by atoms with Gasteiger partial charge in [-0.05, 0) is 18.2 Å². The summed E-state index contributed by atoms with van der Waals surface area (Å²) in [6, 6.07) is 4.37. The third-order valence-electron chi connectivity index (χ3n) is 2.40. The number of carbonyl (C=O) groups excluding carboxylic acids is 1. The van der Waals surface area contributed by atoms with E-state index in [0.717, 1.165) is 0 Å². The van der Waals surface area contributed by atoms with Gasteiger partial charge < -0.3 is 16.2 Å². The van der Waals surface area contributed by atoms with E-state index in [4.69, 9.17) is 5.73 Å². The molecule has 0 saturated heterocycles. The molecule has 94 valence electrons. The van der Waals surface area contributed by atoms with Gasteiger partial charge in [0.25, 0.3) is 5.91 Å². The van der Waals surface area contributed by atoms with Crippen molar-refractivity contribution < 1.29 is 9.90 Å². The molecule has 2 rings (SSSR count). The molecule has 1 aromatic carbocycles. The fourth-order valence-corrected chi connectivity index (χ4v) is 1.43. The highest BCUT2D eigenvalue weighted by Gasteiger charge is 2.07. The summed E-state index contributed by atoms with van der Waals surface area (Å²) in [5.41, 5.74) is 6.06. The zero-order valence-electron chi connectivity index (χ0n) is 9.55. The van der Waals surface area contributed by atoms with Crippen LogP contribution in [0.4, 0.5) is 5.69 Å². The van der Waals surface area contributed by atoms with E-state index in [0.29, 0.717) is 24.4 Å². The summed E-state index contributed by atoms with van der Waals surface area (Å²) in [5.74, 6) is 0.332. The predicted molar refractivity (Wildman–Crippen MR) is 64.9 cm³/mol. The number of amides is 1. The highest BCUT2D eigenvalue weighted by Crippen LogP contribution is 2.20. The molecule has 7 heteroatoms. The number of nitrogens with one attached hydrogen (secondary N) is 2. The third kappa shape index (κ3) is 2.76. The summed E-state index contributed by atoms with van der Waals surface area (Å²) in [5, 5.41) is 18.5. The quantitative estimate of drug-likeness (QED) is 0.450. The number of H-pyrrole nitrogens is 1. The minimum absolute atomic E-state index is 0.0992. The summed E-state index contributed by atoms with van der Waals surface area (Å²) >= 11 is 0. The topological polar surface area (TPSA) is 117 Å². The van der Waals surface area contributed by atoms with Crippen LogP contribution >= 0.6 is 0 Å². The lowest BCUT2D eigenvalue weighted by Crippen LogP contribution is -2.25. The van der Waals surface area contributed by atoms with Gasteiger partial charge in [-0.25, -0.2) is 4.98 Å². The Hall–Kier alpha value is -2.57. The highest BCUT2D eigenvalue weighted by molar-refractivity contribution is 5.95. The molecular weight excluding hydrogens is 234 g/mol. The maximum absolute atomic E-state index is 11.7. The van der Waals surface area contributed by atoms with Crippen molar-refractivity contribution in [3.8, 4) is 5.75 Å². The van der Waals surface area contributed by atoms with Gasteiger partial charge >= 0.3 is 0 Å². The number of aromatic hydroxyl groups is 1. The van der Waals surface area contributed by atoms with Gasteiger partial charge in [-0.2, -0.15) is 5.10 Å². The first kappa shape index (κ1) is 11.9. The molecule has 0 aliphatic rings. The molecule has 5 N–H and O–H groups in total. The number of hydrogen-bond acceptors (Lipinski definition) is 5. The van der Waals surface area contributed by atoms with Crippen molar-refractivity contribution in [1.29, 1.82) is 0 Å². The van der Waals surface area contributed by atoms with Gasteiger partial charge in [0.2, 0.25) is 0 Å². The van der Waals surface area contributed by atoms with Crippen LogP contribution in [0, 0.1) is 0 Å². The number of aromatic amines is 1. The van der Waals surface area contributed by atoms with E-state index in [2.05, 4.69) is 20.5 Å². The van der Waals surface area contributed by atoms with Crippen molar-refractivity contribution in [3.05, 3.63) is 35.9 Å². The molecule has 0 fully saturated rings. The Morgan fingerprint density at radius 3 is 3.00 bits per heavy atom. The lowest BCUT2D eigenvalue weighted by atomic mass is 10.2. The lowest BCUT2D eigenvalue weighted by molar-refractivity contribution is 0.0953. The largest absolute Gasteiger partial charge is 0.506 e. The molecule has 18 heavy (non-hydrogen) atoms. The van der Waals surface area contributed by atoms with Crippen LogP contribution in [0.15, 0.2) is 24.5 Å². The van der Waals surface area contributed by atoms with Gasteiger partial charge in [0.05, 0.1) is 5.69 Å². The molecule has 0 spiro atoms. The molecule has 1 heterocycles. The van der Waals surface area contributed by atoms with E-state index in [1.54, 1.807) is 6.07 Å². The number of nitrogen functional groups attached to an aromatic ring is 1. The lowest BCUT2D eigenvalue weighted by Gasteiger charge is -2.05. The van der Waals surface area contributed by atoms with Crippen LogP contribution in [-0.4, -0.2) is 32.7 Å². The van der Waals surface area contributed by atoms with Gasteiger partial charge in [-0.3, -0.25) is 9.89 Å². The molecule has 1 aromatic heterocycles. The Balaban J connectivity index is 1.89. The van der Waals surface area contributed by atoms with E-state index in [-0.39, 0.29) is 17.3 Å². The highest BCUT2D eigenvalue weighted by atomic mass is 16.3. The monoisotopic (exact) mass is 247 g/mol. The number of nitrogens with zero attached hydrogens (tertiary/aromatic N) is 2. The number of hydrogen-bond donors (Lipinski definition) is 4. The van der Waals surface area contributed by atoms with E-state index in [1.807, 2.05) is 0 Å². The van der Waals surface area contributed by atoms with Crippen LogP contribution in [0.3, 0.4) is 0 Å². The fourth-order valence-electron chi connectivity index (χ4n) is 1.43. The second-order valence-electron chi connectivity index (χ2n) is 3.71. The molecule has 0 saturated carbocycles. The summed E-state index contributed by atoms with van der Waals surface area (Å²) in [6.45, 7) is 0.430. The van der Waals surface area contributed by atoms with Crippen LogP contribution in [0.5, 0.6) is 5.75 Å². The minimum atomic E-state index is -0.273. The molecule has 2 aromatic rings. The van der Waals surface area contributed by atoms with E-state index in [9.17, 15) is 9.90 Å². The molecule has 0 aliphatic heterocycles. The van der Waals surface area contributed by atoms with Crippen molar-refractivity contribution in [2.45, 2.75) is 6.42 Å². The zero-order chi connectivity index (χ0) is 13.0. The summed E-state index contributed by atoms with van der Waals surface area (Å²) in [7, 11) is 0. The second-order valence-corrected chi connectivity index (χ2v) is 3.71. The molecule has 1 amide bonds. The van der Waals surface area contributed by atoms with E-state index in [1.165, 1.54) is 18.5 Å². The van der Waals surface area contributed by atoms with Crippen molar-refractivity contribution in [3.63, 3.8) is 0 Å². The Morgan fingerprint density at radius 2 is 2.33 bits per heavy atom. The Morgan fingerprint density at radius 1 is 1.50 bits per heavy atom. The summed E-state index contributed by atoms with van der Waals surface area (Å²) < 4.78 is 0. The van der Waals surface area contributed by atoms with E-state index < -0.39 is 0 Å². The number of nitrogens with two attached hydrogens (primary N) is 1. The van der Waals surface area contributed by atoms with Crippen LogP contribution in [0.2, 0.25) is 0 Å². The van der Waals surface area contributed by atoms with Crippen LogP contribution in [-0.2, 0) is 6.42 Å². The summed E-state index contributed by atoms with van der Waals surface area (Å²) in [4.78, 5) is 15.7. The van der Waals surface area contributed by atoms with Gasteiger partial charge in [-0.15, -0.1) is 0 Å². The number of phenols is 1. The molecule has 0 atom stereocenters. The number of aromatic nitrogens is 3. The summed E-state index contributed by atoms with van der Waals surface area (Å²) in [6.07, 6.45) is 1.97. The fraction of sp³-hybridized carbons (Fsp3) is 0.182. The molecule has 0 aliphatic carbocycles. The van der Waals surface area contributed by atoms with Gasteiger partial charge in [-0.1, -0.05) is 0 Å². The average Bonchev–Trinajstić information content (AvgIpc) is 2.85. The Labute approximate surface area is 103 Å². The smallest absolute Gasteiger partial charge is 0.251 e. The molecule has 7 nitrogen and oxygen atoms in total. The first-order valence-corrected chi connectivity index (χ1v) is 5.38. The van der Waals surface area contributed by atoms with Crippen molar-refractivity contribution in [2.75, 3.05) is 12.3 Å². The van der Waals surface area contributed by atoms with Gasteiger partial charge in [0, 0.05) is 18.5 Å². The van der Waals surface area contributed by atoms with Crippen LogP contribution in [0.1, 0.15) is 16.2 Å². The minimum Gasteiger partial charge on any atom is -0.506 e. The maximum atomic E-state index is 11.7. The Bertz CT molecular complexity index is 538. The molecular formula is C11H13N5O2. The molecule has 0 radical (unpaired) electrons. The number of anilines is 1. The third-order valence-corrected chi connectivity index (χ3v) is 2.40. The maximum Gasteiger partial charge on any atom is 0.251 e. The average molecular weight is 247 g/mol. The normalized spacial score (nSPS) is 10.2. The first-order chi connectivity index (χ1) is 8.66. The van der Waals surface area contributed by atoms with Gasteiger partial charge in [0.1, 0.15) is 17.9 Å². The van der Waals surface area contributed by atoms with Crippen LogP contribution < -0.4 is 11.1 Å². The number of benzene rings is 1. The standard InChI is InChI=1S/C11H13N5O2/c12-8-2-1-7(5-9(8)17)11(18)13-4-3-10-14-6-15-16-10/h1-2,5-6,17H,3-4,12H2,(H,13,18)(H,14,15,16). The number of phenolic OH excluding ortho intramolecular Hbond substituents is 1. The SMILES string of the molecule is Nc1ccc(C(=O)NCCc2ncn[nH]2)cc1O. The van der Waals surface area contributed by atoms with Crippen molar-refractivity contribution >= 4 is 11.6 Å². The first-order valence-electron chi connectivity index (χ1n) is 5.38. The Kier molecular flexibility index (Phi) is 3.42. The number of carbonyl (C=O) groups is 1. The van der Waals surface area contributed by atoms with E-state index >= 15 is 0 Å². The zero-order valence-corrected chi connectivity index (χ0v) is 9.55. The molecule has 0 bridgehead atoms.